The lowest BCUT2D eigenvalue weighted by Crippen LogP contribution is -2.38. The lowest BCUT2D eigenvalue weighted by atomic mass is 10.1. The molecule has 0 fully saturated rings. The lowest BCUT2D eigenvalue weighted by molar-refractivity contribution is -0.255. The van der Waals surface area contributed by atoms with Gasteiger partial charge >= 0.3 is 12.2 Å². The summed E-state index contributed by atoms with van der Waals surface area (Å²) in [7, 11) is -2.73. The average Bonchev–Trinajstić information content (AvgIpc) is 2.65. The van der Waals surface area contributed by atoms with Crippen molar-refractivity contribution in [2.45, 2.75) is 18.1 Å². The van der Waals surface area contributed by atoms with E-state index in [1.165, 1.54) is 25.0 Å². The van der Waals surface area contributed by atoms with E-state index in [-0.39, 0.29) is 11.8 Å². The molecule has 2 aromatic heterocycles. The summed E-state index contributed by atoms with van der Waals surface area (Å²) in [6.45, 7) is 0.914. The van der Waals surface area contributed by atoms with Gasteiger partial charge in [0.15, 0.2) is 5.03 Å². The number of alkyl halides is 3. The van der Waals surface area contributed by atoms with Crippen molar-refractivity contribution in [2.75, 3.05) is 19.5 Å². The first kappa shape index (κ1) is 23.6. The molecule has 2 aromatic rings. The third-order valence-corrected chi connectivity index (χ3v) is 4.74. The number of urea groups is 1. The Balaban J connectivity index is 2.43. The Kier molecular flexibility index (Phi) is 6.53. The number of pyridine rings is 1. The largest absolute Gasteiger partial charge is 0.545 e. The van der Waals surface area contributed by atoms with Crippen LogP contribution in [0.5, 0.6) is 11.8 Å². The van der Waals surface area contributed by atoms with Crippen LogP contribution >= 0.6 is 0 Å². The monoisotopic (exact) mass is 464 g/mol. The molecule has 2 N–H and O–H groups in total. The van der Waals surface area contributed by atoms with Crippen LogP contribution in [0.2, 0.25) is 0 Å². The van der Waals surface area contributed by atoms with Crippen LogP contribution in [0.25, 0.3) is 0 Å². The highest BCUT2D eigenvalue weighted by Crippen LogP contribution is 2.31. The molecule has 0 saturated heterocycles. The lowest BCUT2D eigenvalue weighted by Gasteiger charge is -2.16. The number of nitrogens with zero attached hydrogens (tertiary/aromatic N) is 3. The van der Waals surface area contributed by atoms with Crippen molar-refractivity contribution in [3.8, 4) is 11.8 Å². The number of aromatic carboxylic acids is 1. The Morgan fingerprint density at radius 1 is 1.06 bits per heavy atom. The number of nitrogens with one attached hydrogen (secondary N) is 2. The third-order valence-electron chi connectivity index (χ3n) is 3.48. The zero-order valence-corrected chi connectivity index (χ0v) is 16.7. The third kappa shape index (κ3) is 5.47. The van der Waals surface area contributed by atoms with Gasteiger partial charge in [-0.15, -0.1) is 0 Å². The van der Waals surface area contributed by atoms with Crippen molar-refractivity contribution in [3.05, 3.63) is 29.0 Å². The number of aromatic nitrogens is 3. The van der Waals surface area contributed by atoms with Crippen LogP contribution in [-0.4, -0.2) is 49.6 Å². The predicted octanol–water partition coefficient (Wildman–Crippen LogP) is 0.0899. The first-order valence-corrected chi connectivity index (χ1v) is 9.38. The van der Waals surface area contributed by atoms with Crippen molar-refractivity contribution < 1.29 is 45.8 Å². The molecule has 2 heterocycles. The zero-order chi connectivity index (χ0) is 23.6. The van der Waals surface area contributed by atoms with E-state index in [1.54, 1.807) is 0 Å². The summed E-state index contributed by atoms with van der Waals surface area (Å²) in [5.74, 6) is -2.74. The number of carbonyl (C=O) groups excluding carboxylic acids is 2. The molecule has 0 aromatic carbocycles. The molecule has 0 bridgehead atoms. The molecular formula is C15H13F3N5O7S-. The second kappa shape index (κ2) is 8.58. The predicted molar refractivity (Wildman–Crippen MR) is 92.8 cm³/mol. The number of ether oxygens (including phenoxy) is 2. The smallest absolute Gasteiger partial charge is 0.433 e. The Bertz CT molecular complexity index is 1120. The number of hydrogen-bond acceptors (Lipinski definition) is 10. The summed E-state index contributed by atoms with van der Waals surface area (Å²) in [5.41, 5.74) is -3.42. The van der Waals surface area contributed by atoms with Crippen LogP contribution in [-0.2, 0) is 16.2 Å². The SMILES string of the molecule is COc1cc(OC)nc(NC(=O)NS(=O)(=O)c2nc(C(F)(F)F)cc(C)c2C(=O)[O-])n1. The molecule has 0 unspecified atom stereocenters. The summed E-state index contributed by atoms with van der Waals surface area (Å²) in [6, 6.07) is 0.0403. The van der Waals surface area contributed by atoms with Gasteiger partial charge in [0.1, 0.15) is 5.69 Å². The molecule has 12 nitrogen and oxygen atoms in total. The number of carbonyl (C=O) groups is 2. The van der Waals surface area contributed by atoms with E-state index in [0.717, 1.165) is 6.92 Å². The van der Waals surface area contributed by atoms with Crippen molar-refractivity contribution in [3.63, 3.8) is 0 Å². The van der Waals surface area contributed by atoms with Gasteiger partial charge in [-0.1, -0.05) is 0 Å². The van der Waals surface area contributed by atoms with Crippen molar-refractivity contribution >= 4 is 28.0 Å². The first-order valence-electron chi connectivity index (χ1n) is 7.89. The van der Waals surface area contributed by atoms with E-state index in [9.17, 15) is 36.3 Å². The number of methoxy groups -OCH3 is 2. The number of carboxylic acids is 1. The quantitative estimate of drug-likeness (QED) is 0.596. The second-order valence-electron chi connectivity index (χ2n) is 5.63. The van der Waals surface area contributed by atoms with Gasteiger partial charge in [-0.3, -0.25) is 5.32 Å². The Hall–Kier alpha value is -3.69. The fraction of sp³-hybridized carbons (Fsp3) is 0.267. The average molecular weight is 464 g/mol. The minimum Gasteiger partial charge on any atom is -0.545 e. The maximum atomic E-state index is 13.0. The molecule has 31 heavy (non-hydrogen) atoms. The van der Waals surface area contributed by atoms with E-state index < -0.39 is 56.0 Å². The number of anilines is 1. The Morgan fingerprint density at radius 2 is 1.61 bits per heavy atom. The van der Waals surface area contributed by atoms with Crippen LogP contribution in [0.1, 0.15) is 21.6 Å². The maximum absolute atomic E-state index is 13.0. The maximum Gasteiger partial charge on any atom is 0.433 e. The molecule has 0 saturated carbocycles. The summed E-state index contributed by atoms with van der Waals surface area (Å²) in [4.78, 5) is 33.6. The van der Waals surface area contributed by atoms with Gasteiger partial charge < -0.3 is 19.4 Å². The van der Waals surface area contributed by atoms with E-state index in [1.807, 2.05) is 5.32 Å². The number of amides is 2. The Morgan fingerprint density at radius 3 is 2.06 bits per heavy atom. The highest BCUT2D eigenvalue weighted by molar-refractivity contribution is 7.90. The molecule has 0 atom stereocenters. The number of rotatable bonds is 6. The minimum atomic E-state index is -5.20. The number of aryl methyl sites for hydroxylation is 1. The summed E-state index contributed by atoms with van der Waals surface area (Å²) in [5, 5.41) is 11.6. The molecule has 0 aliphatic carbocycles. The van der Waals surface area contributed by atoms with Crippen LogP contribution in [0, 0.1) is 6.92 Å². The molecule has 0 spiro atoms. The van der Waals surface area contributed by atoms with Crippen molar-refractivity contribution in [2.24, 2.45) is 0 Å². The van der Waals surface area contributed by atoms with E-state index in [4.69, 9.17) is 9.47 Å². The summed E-state index contributed by atoms with van der Waals surface area (Å²) < 4.78 is 74.9. The number of carboxylic acid groups (broad SMARTS) is 1. The van der Waals surface area contributed by atoms with Crippen LogP contribution < -0.4 is 24.6 Å². The molecule has 168 valence electrons. The standard InChI is InChI=1S/C15H14F3N5O7S/c1-6-4-7(15(16,17)18)19-11(10(6)12(24)25)31(27,28)23-14(26)22-13-20-8(29-2)5-9(21-13)30-3/h4-5H,1-3H3,(H,24,25)(H2,20,21,22,23,26)/p-1. The molecular weight excluding hydrogens is 451 g/mol. The topological polar surface area (TPSA) is 173 Å². The molecule has 16 heteroatoms. The fourth-order valence-corrected chi connectivity index (χ4v) is 3.32. The van der Waals surface area contributed by atoms with Gasteiger partial charge in [0.2, 0.25) is 17.7 Å². The number of hydrogen-bond donors (Lipinski definition) is 2. The fourth-order valence-electron chi connectivity index (χ4n) is 2.20. The van der Waals surface area contributed by atoms with E-state index >= 15 is 0 Å². The van der Waals surface area contributed by atoms with Gasteiger partial charge in [0, 0.05) is 5.56 Å². The van der Waals surface area contributed by atoms with Crippen LogP contribution in [0.15, 0.2) is 17.2 Å². The van der Waals surface area contributed by atoms with Crippen molar-refractivity contribution in [1.29, 1.82) is 0 Å². The second-order valence-corrected chi connectivity index (χ2v) is 7.22. The molecule has 0 radical (unpaired) electrons. The first-order chi connectivity index (χ1) is 14.3. The van der Waals surface area contributed by atoms with Crippen LogP contribution in [0.4, 0.5) is 23.9 Å². The highest BCUT2D eigenvalue weighted by Gasteiger charge is 2.36. The summed E-state index contributed by atoms with van der Waals surface area (Å²) >= 11 is 0. The van der Waals surface area contributed by atoms with Crippen molar-refractivity contribution in [1.82, 2.24) is 19.7 Å². The van der Waals surface area contributed by atoms with Gasteiger partial charge in [-0.05, 0) is 18.6 Å². The molecule has 0 aliphatic heterocycles. The van der Waals surface area contributed by atoms with E-state index in [2.05, 4.69) is 15.0 Å². The van der Waals surface area contributed by atoms with Gasteiger partial charge in [-0.2, -0.15) is 31.6 Å². The summed E-state index contributed by atoms with van der Waals surface area (Å²) in [6.07, 6.45) is -5.09. The zero-order valence-electron chi connectivity index (χ0n) is 15.9. The highest BCUT2D eigenvalue weighted by atomic mass is 32.2. The van der Waals surface area contributed by atoms with Gasteiger partial charge in [-0.25, -0.2) is 14.5 Å². The van der Waals surface area contributed by atoms with Crippen LogP contribution in [0.3, 0.4) is 0 Å². The molecule has 2 amide bonds. The normalized spacial score (nSPS) is 11.5. The Labute approximate surface area is 172 Å². The van der Waals surface area contributed by atoms with Gasteiger partial charge in [0.25, 0.3) is 10.0 Å². The number of halogens is 3. The molecule has 0 aliphatic rings. The molecule has 2 rings (SSSR count). The number of sulfonamides is 1. The minimum absolute atomic E-state index is 0.0700. The van der Waals surface area contributed by atoms with E-state index in [0.29, 0.717) is 6.07 Å². The van der Waals surface area contributed by atoms with Gasteiger partial charge in [0.05, 0.1) is 26.3 Å².